The summed E-state index contributed by atoms with van der Waals surface area (Å²) in [6, 6.07) is 5.57. The van der Waals surface area contributed by atoms with Gasteiger partial charge in [-0.1, -0.05) is 13.8 Å². The van der Waals surface area contributed by atoms with Crippen molar-refractivity contribution in [3.8, 4) is 5.88 Å². The van der Waals surface area contributed by atoms with Crippen molar-refractivity contribution in [3.05, 3.63) is 36.0 Å². The van der Waals surface area contributed by atoms with E-state index >= 15 is 0 Å². The maximum absolute atomic E-state index is 5.61. The van der Waals surface area contributed by atoms with Gasteiger partial charge in [-0.15, -0.1) is 0 Å². The first-order valence-corrected chi connectivity index (χ1v) is 7.43. The van der Waals surface area contributed by atoms with Gasteiger partial charge in [0.1, 0.15) is 24.0 Å². The Labute approximate surface area is 130 Å². The Morgan fingerprint density at radius 2 is 2.14 bits per heavy atom. The third-order valence-corrected chi connectivity index (χ3v) is 2.90. The molecule has 0 bridgehead atoms. The standard InChI is InChI=1S/C16H23N3O3/c1-12(2)9-15-18-14(17-11-13-5-4-6-21-13)10-16(19-15)22-8-7-20-3/h4-6,10,12H,7-9,11H2,1-3H3,(H,17,18,19). The number of nitrogens with zero attached hydrogens (tertiary/aromatic N) is 2. The van der Waals surface area contributed by atoms with Gasteiger partial charge in [0.15, 0.2) is 0 Å². The van der Waals surface area contributed by atoms with Gasteiger partial charge in [-0.2, -0.15) is 4.98 Å². The van der Waals surface area contributed by atoms with Gasteiger partial charge in [-0.25, -0.2) is 4.98 Å². The van der Waals surface area contributed by atoms with Crippen LogP contribution in [-0.4, -0.2) is 30.3 Å². The van der Waals surface area contributed by atoms with Crippen molar-refractivity contribution >= 4 is 5.82 Å². The molecule has 0 amide bonds. The third-order valence-electron chi connectivity index (χ3n) is 2.90. The molecule has 2 rings (SSSR count). The lowest BCUT2D eigenvalue weighted by Crippen LogP contribution is -2.10. The van der Waals surface area contributed by atoms with Crippen LogP contribution in [0, 0.1) is 5.92 Å². The highest BCUT2D eigenvalue weighted by atomic mass is 16.5. The van der Waals surface area contributed by atoms with Crippen LogP contribution in [0.5, 0.6) is 5.88 Å². The Hall–Kier alpha value is -2.08. The number of hydrogen-bond donors (Lipinski definition) is 1. The van der Waals surface area contributed by atoms with Gasteiger partial charge in [0.05, 0.1) is 19.4 Å². The molecule has 120 valence electrons. The number of nitrogens with one attached hydrogen (secondary N) is 1. The molecule has 22 heavy (non-hydrogen) atoms. The predicted octanol–water partition coefficient (Wildman–Crippen LogP) is 2.91. The highest BCUT2D eigenvalue weighted by molar-refractivity contribution is 5.38. The minimum Gasteiger partial charge on any atom is -0.475 e. The van der Waals surface area contributed by atoms with E-state index in [2.05, 4.69) is 29.1 Å². The van der Waals surface area contributed by atoms with Crippen LogP contribution in [0.15, 0.2) is 28.9 Å². The summed E-state index contributed by atoms with van der Waals surface area (Å²) in [7, 11) is 1.64. The molecule has 0 saturated heterocycles. The molecule has 0 unspecified atom stereocenters. The van der Waals surface area contributed by atoms with Crippen LogP contribution in [0.4, 0.5) is 5.82 Å². The van der Waals surface area contributed by atoms with E-state index < -0.39 is 0 Å². The van der Waals surface area contributed by atoms with Crippen molar-refractivity contribution < 1.29 is 13.9 Å². The van der Waals surface area contributed by atoms with Gasteiger partial charge < -0.3 is 19.2 Å². The largest absolute Gasteiger partial charge is 0.475 e. The molecule has 6 nitrogen and oxygen atoms in total. The minimum atomic E-state index is 0.465. The second-order valence-corrected chi connectivity index (χ2v) is 5.38. The average Bonchev–Trinajstić information content (AvgIpc) is 2.98. The summed E-state index contributed by atoms with van der Waals surface area (Å²) < 4.78 is 15.9. The van der Waals surface area contributed by atoms with E-state index in [4.69, 9.17) is 13.9 Å². The Bertz CT molecular complexity index is 556. The lowest BCUT2D eigenvalue weighted by Gasteiger charge is -2.11. The molecule has 2 aromatic heterocycles. The smallest absolute Gasteiger partial charge is 0.218 e. The lowest BCUT2D eigenvalue weighted by molar-refractivity contribution is 0.143. The highest BCUT2D eigenvalue weighted by Crippen LogP contribution is 2.16. The van der Waals surface area contributed by atoms with E-state index in [0.717, 1.165) is 23.8 Å². The van der Waals surface area contributed by atoms with Gasteiger partial charge in [0, 0.05) is 19.6 Å². The van der Waals surface area contributed by atoms with Crippen molar-refractivity contribution in [1.82, 2.24) is 9.97 Å². The summed E-state index contributed by atoms with van der Waals surface area (Å²) in [5.74, 6) is 3.39. The summed E-state index contributed by atoms with van der Waals surface area (Å²) in [5.41, 5.74) is 0. The van der Waals surface area contributed by atoms with Gasteiger partial charge in [0.25, 0.3) is 0 Å². The number of ether oxygens (including phenoxy) is 2. The number of methoxy groups -OCH3 is 1. The number of aromatic nitrogens is 2. The summed E-state index contributed by atoms with van der Waals surface area (Å²) >= 11 is 0. The Balaban J connectivity index is 2.06. The molecule has 2 heterocycles. The summed E-state index contributed by atoms with van der Waals surface area (Å²) in [6.07, 6.45) is 2.46. The first kappa shape index (κ1) is 16.3. The molecule has 0 radical (unpaired) electrons. The van der Waals surface area contributed by atoms with Crippen LogP contribution in [0.1, 0.15) is 25.4 Å². The van der Waals surface area contributed by atoms with Crippen molar-refractivity contribution in [2.75, 3.05) is 25.6 Å². The second-order valence-electron chi connectivity index (χ2n) is 5.38. The lowest BCUT2D eigenvalue weighted by atomic mass is 10.1. The molecule has 0 aliphatic carbocycles. The Morgan fingerprint density at radius 3 is 2.82 bits per heavy atom. The summed E-state index contributed by atoms with van der Waals surface area (Å²) in [4.78, 5) is 8.96. The molecule has 0 aromatic carbocycles. The van der Waals surface area contributed by atoms with E-state index in [-0.39, 0.29) is 0 Å². The van der Waals surface area contributed by atoms with Crippen LogP contribution in [0.25, 0.3) is 0 Å². The van der Waals surface area contributed by atoms with E-state index in [1.165, 1.54) is 0 Å². The third kappa shape index (κ3) is 5.37. The quantitative estimate of drug-likeness (QED) is 0.718. The zero-order chi connectivity index (χ0) is 15.8. The van der Waals surface area contributed by atoms with Crippen LogP contribution in [-0.2, 0) is 17.7 Å². The van der Waals surface area contributed by atoms with Crippen LogP contribution in [0.2, 0.25) is 0 Å². The second kappa shape index (κ2) is 8.38. The van der Waals surface area contributed by atoms with Gasteiger partial charge in [0.2, 0.25) is 5.88 Å². The monoisotopic (exact) mass is 305 g/mol. The normalized spacial score (nSPS) is 10.9. The maximum Gasteiger partial charge on any atom is 0.218 e. The zero-order valence-corrected chi connectivity index (χ0v) is 13.3. The molecule has 0 atom stereocenters. The van der Waals surface area contributed by atoms with Crippen LogP contribution in [0.3, 0.4) is 0 Å². The van der Waals surface area contributed by atoms with Crippen molar-refractivity contribution in [3.63, 3.8) is 0 Å². The number of rotatable bonds is 9. The molecule has 0 spiro atoms. The maximum atomic E-state index is 5.61. The van der Waals surface area contributed by atoms with Gasteiger partial charge in [-0.05, 0) is 18.1 Å². The zero-order valence-electron chi connectivity index (χ0n) is 13.3. The number of furan rings is 1. The fraction of sp³-hybridized carbons (Fsp3) is 0.500. The summed E-state index contributed by atoms with van der Waals surface area (Å²) in [5, 5.41) is 3.24. The predicted molar refractivity (Wildman–Crippen MR) is 84.0 cm³/mol. The molecule has 0 fully saturated rings. The molecule has 1 N–H and O–H groups in total. The van der Waals surface area contributed by atoms with Gasteiger partial charge in [-0.3, -0.25) is 0 Å². The molecular weight excluding hydrogens is 282 g/mol. The average molecular weight is 305 g/mol. The SMILES string of the molecule is COCCOc1cc(NCc2ccco2)nc(CC(C)C)n1. The number of hydrogen-bond acceptors (Lipinski definition) is 6. The Morgan fingerprint density at radius 1 is 1.27 bits per heavy atom. The van der Waals surface area contributed by atoms with Crippen molar-refractivity contribution in [2.24, 2.45) is 5.92 Å². The first-order chi connectivity index (χ1) is 10.7. The molecule has 2 aromatic rings. The highest BCUT2D eigenvalue weighted by Gasteiger charge is 2.08. The molecule has 6 heteroatoms. The van der Waals surface area contributed by atoms with E-state index in [9.17, 15) is 0 Å². The molecule has 0 saturated carbocycles. The fourth-order valence-electron chi connectivity index (χ4n) is 1.91. The molecular formula is C16H23N3O3. The minimum absolute atomic E-state index is 0.465. The van der Waals surface area contributed by atoms with Crippen LogP contribution >= 0.6 is 0 Å². The topological polar surface area (TPSA) is 69.4 Å². The fourth-order valence-corrected chi connectivity index (χ4v) is 1.91. The van der Waals surface area contributed by atoms with Crippen molar-refractivity contribution in [1.29, 1.82) is 0 Å². The molecule has 0 aliphatic heterocycles. The van der Waals surface area contributed by atoms with E-state index in [1.54, 1.807) is 19.4 Å². The van der Waals surface area contributed by atoms with Crippen molar-refractivity contribution in [2.45, 2.75) is 26.8 Å². The number of anilines is 1. The van der Waals surface area contributed by atoms with Crippen LogP contribution < -0.4 is 10.1 Å². The van der Waals surface area contributed by atoms with E-state index in [1.807, 2.05) is 12.1 Å². The Kier molecular flexibility index (Phi) is 6.21. The molecule has 0 aliphatic rings. The first-order valence-electron chi connectivity index (χ1n) is 7.43. The summed E-state index contributed by atoms with van der Waals surface area (Å²) in [6.45, 7) is 5.84. The van der Waals surface area contributed by atoms with E-state index in [0.29, 0.717) is 31.6 Å². The van der Waals surface area contributed by atoms with Gasteiger partial charge >= 0.3 is 0 Å².